The molecule has 2 aromatic heterocycles. The van der Waals surface area contributed by atoms with Crippen molar-refractivity contribution >= 4 is 39.4 Å². The maximum absolute atomic E-state index is 11.4. The zero-order valence-corrected chi connectivity index (χ0v) is 12.5. The lowest BCUT2D eigenvalue weighted by Crippen LogP contribution is -1.90. The van der Waals surface area contributed by atoms with E-state index in [-0.39, 0.29) is 5.78 Å². The topological polar surface area (TPSA) is 70.1 Å². The van der Waals surface area contributed by atoms with Gasteiger partial charge in [0, 0.05) is 17.8 Å². The lowest BCUT2D eigenvalue weighted by atomic mass is 10.2. The van der Waals surface area contributed by atoms with Gasteiger partial charge in [-0.1, -0.05) is 29.5 Å². The number of ketones is 1. The average molecular weight is 298 g/mol. The Hall–Kier alpha value is -2.47. The van der Waals surface area contributed by atoms with Crippen molar-refractivity contribution in [1.82, 2.24) is 9.97 Å². The van der Waals surface area contributed by atoms with Gasteiger partial charge in [0.1, 0.15) is 0 Å². The molecular weight excluding hydrogens is 284 g/mol. The summed E-state index contributed by atoms with van der Waals surface area (Å²) in [6.07, 6.45) is 1.70. The van der Waals surface area contributed by atoms with Gasteiger partial charge in [-0.25, -0.2) is 4.98 Å². The number of thiazole rings is 1. The number of nitrogens with one attached hydrogen (secondary N) is 2. The SMILES string of the molecule is CC(=O)c1sc(N/N=C/c2cc3ccccc3[nH]2)nc1C. The van der Waals surface area contributed by atoms with E-state index in [1.807, 2.05) is 37.3 Å². The van der Waals surface area contributed by atoms with Gasteiger partial charge in [0.25, 0.3) is 0 Å². The number of rotatable bonds is 4. The number of hydrogen-bond acceptors (Lipinski definition) is 5. The molecule has 0 atom stereocenters. The molecule has 1 aromatic carbocycles. The first-order valence-corrected chi connectivity index (χ1v) is 7.30. The lowest BCUT2D eigenvalue weighted by Gasteiger charge is -1.91. The first-order chi connectivity index (χ1) is 10.1. The first-order valence-electron chi connectivity index (χ1n) is 6.48. The summed E-state index contributed by atoms with van der Waals surface area (Å²) < 4.78 is 0. The molecule has 6 heteroatoms. The second-order valence-electron chi connectivity index (χ2n) is 4.67. The van der Waals surface area contributed by atoms with E-state index in [0.717, 1.165) is 22.3 Å². The highest BCUT2D eigenvalue weighted by Gasteiger charge is 2.10. The van der Waals surface area contributed by atoms with Crippen molar-refractivity contribution < 1.29 is 4.79 Å². The van der Waals surface area contributed by atoms with Crippen molar-refractivity contribution in [2.24, 2.45) is 5.10 Å². The highest BCUT2D eigenvalue weighted by Crippen LogP contribution is 2.22. The number of benzene rings is 1. The van der Waals surface area contributed by atoms with Gasteiger partial charge < -0.3 is 4.98 Å². The summed E-state index contributed by atoms with van der Waals surface area (Å²) in [4.78, 5) is 19.6. The van der Waals surface area contributed by atoms with Crippen LogP contribution in [0.5, 0.6) is 0 Å². The fourth-order valence-corrected chi connectivity index (χ4v) is 2.90. The van der Waals surface area contributed by atoms with Crippen LogP contribution in [0.4, 0.5) is 5.13 Å². The third-order valence-electron chi connectivity index (χ3n) is 3.03. The van der Waals surface area contributed by atoms with Crippen LogP contribution < -0.4 is 5.43 Å². The molecule has 3 aromatic rings. The minimum atomic E-state index is 0.0256. The van der Waals surface area contributed by atoms with E-state index in [1.54, 1.807) is 6.21 Å². The van der Waals surface area contributed by atoms with Crippen LogP contribution in [0.3, 0.4) is 0 Å². The van der Waals surface area contributed by atoms with Crippen LogP contribution in [0.15, 0.2) is 35.4 Å². The van der Waals surface area contributed by atoms with Crippen LogP contribution >= 0.6 is 11.3 Å². The quantitative estimate of drug-likeness (QED) is 0.439. The highest BCUT2D eigenvalue weighted by atomic mass is 32.1. The summed E-state index contributed by atoms with van der Waals surface area (Å²) in [5.41, 5.74) is 5.57. The Morgan fingerprint density at radius 3 is 2.95 bits per heavy atom. The molecule has 0 saturated carbocycles. The first kappa shape index (κ1) is 13.5. The van der Waals surface area contributed by atoms with Gasteiger partial charge >= 0.3 is 0 Å². The molecule has 0 radical (unpaired) electrons. The zero-order valence-electron chi connectivity index (χ0n) is 11.7. The summed E-state index contributed by atoms with van der Waals surface area (Å²) in [6, 6.07) is 10.1. The van der Waals surface area contributed by atoms with Crippen molar-refractivity contribution in [3.63, 3.8) is 0 Å². The summed E-state index contributed by atoms with van der Waals surface area (Å²) in [5.74, 6) is 0.0256. The number of hydrogen-bond donors (Lipinski definition) is 2. The Balaban J connectivity index is 1.74. The average Bonchev–Trinajstić information content (AvgIpc) is 3.01. The molecule has 0 aliphatic heterocycles. The number of aryl methyl sites for hydroxylation is 1. The fourth-order valence-electron chi connectivity index (χ4n) is 2.09. The number of nitrogens with zero attached hydrogens (tertiary/aromatic N) is 2. The Morgan fingerprint density at radius 1 is 1.43 bits per heavy atom. The molecule has 106 valence electrons. The molecule has 21 heavy (non-hydrogen) atoms. The van der Waals surface area contributed by atoms with Crippen LogP contribution in [0.25, 0.3) is 10.9 Å². The second kappa shape index (κ2) is 5.49. The van der Waals surface area contributed by atoms with E-state index >= 15 is 0 Å². The number of H-pyrrole nitrogens is 1. The highest BCUT2D eigenvalue weighted by molar-refractivity contribution is 7.17. The number of carbonyl (C=O) groups is 1. The molecule has 0 bridgehead atoms. The fraction of sp³-hybridized carbons (Fsp3) is 0.133. The standard InChI is InChI=1S/C15H14N4OS/c1-9-14(10(2)20)21-15(17-9)19-16-8-12-7-11-5-3-4-6-13(11)18-12/h3-8,18H,1-2H3,(H,17,19)/b16-8+. The number of hydrazone groups is 1. The van der Waals surface area contributed by atoms with Gasteiger partial charge in [-0.3, -0.25) is 10.2 Å². The van der Waals surface area contributed by atoms with Crippen molar-refractivity contribution in [2.75, 3.05) is 5.43 Å². The minimum absolute atomic E-state index is 0.0256. The van der Waals surface area contributed by atoms with E-state index in [2.05, 4.69) is 20.5 Å². The van der Waals surface area contributed by atoms with E-state index in [1.165, 1.54) is 18.3 Å². The Labute approximate surface area is 125 Å². The van der Waals surface area contributed by atoms with E-state index in [0.29, 0.717) is 10.0 Å². The Morgan fingerprint density at radius 2 is 2.24 bits per heavy atom. The van der Waals surface area contributed by atoms with Gasteiger partial charge in [0.05, 0.1) is 22.5 Å². The number of Topliss-reactive ketones (excluding diaryl/α,β-unsaturated/α-hetero) is 1. The molecule has 0 spiro atoms. The molecule has 0 aliphatic rings. The van der Waals surface area contributed by atoms with Crippen LogP contribution in [0.2, 0.25) is 0 Å². The van der Waals surface area contributed by atoms with Crippen LogP contribution in [0, 0.1) is 6.92 Å². The van der Waals surface area contributed by atoms with E-state index in [4.69, 9.17) is 0 Å². The molecule has 2 N–H and O–H groups in total. The van der Waals surface area contributed by atoms with Crippen molar-refractivity contribution in [3.8, 4) is 0 Å². The number of aromatic nitrogens is 2. The van der Waals surface area contributed by atoms with Crippen LogP contribution in [0.1, 0.15) is 28.0 Å². The predicted octanol–water partition coefficient (Wildman–Crippen LogP) is 3.58. The molecule has 0 amide bonds. The van der Waals surface area contributed by atoms with Crippen LogP contribution in [-0.4, -0.2) is 22.0 Å². The molecule has 2 heterocycles. The summed E-state index contributed by atoms with van der Waals surface area (Å²) in [5, 5.41) is 5.91. The van der Waals surface area contributed by atoms with Crippen LogP contribution in [-0.2, 0) is 0 Å². The Bertz CT molecular complexity index is 798. The number of fused-ring (bicyclic) bond motifs is 1. The van der Waals surface area contributed by atoms with Crippen molar-refractivity contribution in [2.45, 2.75) is 13.8 Å². The zero-order chi connectivity index (χ0) is 14.8. The third-order valence-corrected chi connectivity index (χ3v) is 4.19. The summed E-state index contributed by atoms with van der Waals surface area (Å²) >= 11 is 1.31. The normalized spacial score (nSPS) is 11.3. The number of anilines is 1. The molecule has 5 nitrogen and oxygen atoms in total. The van der Waals surface area contributed by atoms with Crippen molar-refractivity contribution in [1.29, 1.82) is 0 Å². The van der Waals surface area contributed by atoms with Gasteiger partial charge in [-0.15, -0.1) is 0 Å². The molecule has 0 aliphatic carbocycles. The second-order valence-corrected chi connectivity index (χ2v) is 5.67. The van der Waals surface area contributed by atoms with Gasteiger partial charge in [-0.2, -0.15) is 5.10 Å². The van der Waals surface area contributed by atoms with Gasteiger partial charge in [0.2, 0.25) is 5.13 Å². The van der Waals surface area contributed by atoms with Gasteiger partial charge in [0.15, 0.2) is 5.78 Å². The third kappa shape index (κ3) is 2.85. The summed E-state index contributed by atoms with van der Waals surface area (Å²) in [6.45, 7) is 3.36. The maximum Gasteiger partial charge on any atom is 0.204 e. The molecule has 0 fully saturated rings. The maximum atomic E-state index is 11.4. The van der Waals surface area contributed by atoms with Gasteiger partial charge in [-0.05, 0) is 19.1 Å². The summed E-state index contributed by atoms with van der Waals surface area (Å²) in [7, 11) is 0. The number of para-hydroxylation sites is 1. The number of aromatic amines is 1. The Kier molecular flexibility index (Phi) is 3.53. The molecular formula is C15H14N4OS. The lowest BCUT2D eigenvalue weighted by molar-refractivity contribution is 0.102. The molecule has 0 saturated heterocycles. The van der Waals surface area contributed by atoms with E-state index in [9.17, 15) is 4.79 Å². The van der Waals surface area contributed by atoms with E-state index < -0.39 is 0 Å². The number of carbonyl (C=O) groups excluding carboxylic acids is 1. The monoisotopic (exact) mass is 298 g/mol. The minimum Gasteiger partial charge on any atom is -0.354 e. The largest absolute Gasteiger partial charge is 0.354 e. The van der Waals surface area contributed by atoms with Crippen molar-refractivity contribution in [3.05, 3.63) is 46.6 Å². The molecule has 0 unspecified atom stereocenters. The molecule has 3 rings (SSSR count). The smallest absolute Gasteiger partial charge is 0.204 e. The predicted molar refractivity (Wildman–Crippen MR) is 86.4 cm³/mol.